The Hall–Kier alpha value is -1.06. The van der Waals surface area contributed by atoms with Gasteiger partial charge in [-0.3, -0.25) is 4.90 Å². The fraction of sp³-hybridized carbons (Fsp3) is 0.667. The Labute approximate surface area is 130 Å². The van der Waals surface area contributed by atoms with Crippen LogP contribution in [0.4, 0.5) is 5.69 Å². The maximum atomic E-state index is 3.58. The van der Waals surface area contributed by atoms with Crippen molar-refractivity contribution >= 4 is 5.69 Å². The first-order valence-corrected chi connectivity index (χ1v) is 8.51. The van der Waals surface area contributed by atoms with Crippen molar-refractivity contribution in [1.29, 1.82) is 0 Å². The van der Waals surface area contributed by atoms with E-state index in [1.165, 1.54) is 37.2 Å². The van der Waals surface area contributed by atoms with Crippen LogP contribution < -0.4 is 10.2 Å². The van der Waals surface area contributed by atoms with Crippen molar-refractivity contribution in [3.8, 4) is 0 Å². The number of anilines is 1. The van der Waals surface area contributed by atoms with Gasteiger partial charge < -0.3 is 10.2 Å². The standard InChI is InChI=1S/C18H31N3/c1-4-9-19-15-17(5-2)20-10-12-21(13-11-20)18-8-6-7-16(3)14-18/h6-8,14,17,19H,4-5,9-13,15H2,1-3H3. The van der Waals surface area contributed by atoms with E-state index < -0.39 is 0 Å². The first-order valence-electron chi connectivity index (χ1n) is 8.51. The van der Waals surface area contributed by atoms with E-state index in [-0.39, 0.29) is 0 Å². The van der Waals surface area contributed by atoms with E-state index >= 15 is 0 Å². The molecule has 1 heterocycles. The lowest BCUT2D eigenvalue weighted by atomic mass is 10.1. The molecule has 1 N–H and O–H groups in total. The molecule has 2 rings (SSSR count). The Kier molecular flexibility index (Phi) is 6.52. The lowest BCUT2D eigenvalue weighted by Gasteiger charge is -2.40. The van der Waals surface area contributed by atoms with Crippen LogP contribution in [0.25, 0.3) is 0 Å². The van der Waals surface area contributed by atoms with Crippen LogP contribution in [-0.4, -0.2) is 50.2 Å². The number of aryl methyl sites for hydroxylation is 1. The number of nitrogens with zero attached hydrogens (tertiary/aromatic N) is 2. The minimum absolute atomic E-state index is 0.691. The second-order valence-electron chi connectivity index (χ2n) is 6.13. The molecule has 0 aliphatic carbocycles. The van der Waals surface area contributed by atoms with Crippen molar-refractivity contribution in [2.75, 3.05) is 44.2 Å². The molecule has 1 saturated heterocycles. The summed E-state index contributed by atoms with van der Waals surface area (Å²) in [7, 11) is 0. The van der Waals surface area contributed by atoms with E-state index in [9.17, 15) is 0 Å². The molecule has 1 aromatic carbocycles. The quantitative estimate of drug-likeness (QED) is 0.779. The molecular formula is C18H31N3. The van der Waals surface area contributed by atoms with Crippen LogP contribution in [0.2, 0.25) is 0 Å². The molecule has 1 aromatic rings. The van der Waals surface area contributed by atoms with Gasteiger partial charge in [0.15, 0.2) is 0 Å². The Morgan fingerprint density at radius 3 is 2.52 bits per heavy atom. The van der Waals surface area contributed by atoms with Crippen molar-refractivity contribution in [3.63, 3.8) is 0 Å². The minimum Gasteiger partial charge on any atom is -0.369 e. The predicted molar refractivity (Wildman–Crippen MR) is 92.2 cm³/mol. The van der Waals surface area contributed by atoms with E-state index in [0.29, 0.717) is 6.04 Å². The lowest BCUT2D eigenvalue weighted by Crippen LogP contribution is -2.52. The van der Waals surface area contributed by atoms with Crippen molar-refractivity contribution in [1.82, 2.24) is 10.2 Å². The summed E-state index contributed by atoms with van der Waals surface area (Å²) in [5.74, 6) is 0. The fourth-order valence-corrected chi connectivity index (χ4v) is 3.15. The molecule has 1 unspecified atom stereocenters. The van der Waals surface area contributed by atoms with E-state index in [1.807, 2.05) is 0 Å². The maximum Gasteiger partial charge on any atom is 0.0369 e. The molecule has 1 fully saturated rings. The van der Waals surface area contributed by atoms with Crippen molar-refractivity contribution in [2.24, 2.45) is 0 Å². The number of nitrogens with one attached hydrogen (secondary N) is 1. The van der Waals surface area contributed by atoms with Crippen LogP contribution in [0.1, 0.15) is 32.3 Å². The van der Waals surface area contributed by atoms with Gasteiger partial charge in [-0.1, -0.05) is 26.0 Å². The summed E-state index contributed by atoms with van der Waals surface area (Å²) >= 11 is 0. The second-order valence-corrected chi connectivity index (χ2v) is 6.13. The molecule has 118 valence electrons. The zero-order chi connectivity index (χ0) is 15.1. The summed E-state index contributed by atoms with van der Waals surface area (Å²) in [6, 6.07) is 9.57. The van der Waals surface area contributed by atoms with E-state index in [2.05, 4.69) is 60.2 Å². The van der Waals surface area contributed by atoms with E-state index in [4.69, 9.17) is 0 Å². The average Bonchev–Trinajstić information content (AvgIpc) is 2.52. The van der Waals surface area contributed by atoms with Gasteiger partial charge in [-0.25, -0.2) is 0 Å². The molecule has 0 saturated carbocycles. The maximum absolute atomic E-state index is 3.58. The van der Waals surface area contributed by atoms with E-state index in [1.54, 1.807) is 0 Å². The highest BCUT2D eigenvalue weighted by Gasteiger charge is 2.22. The van der Waals surface area contributed by atoms with Gasteiger partial charge in [0, 0.05) is 44.5 Å². The number of hydrogen-bond donors (Lipinski definition) is 1. The smallest absolute Gasteiger partial charge is 0.0369 e. The Morgan fingerprint density at radius 2 is 1.90 bits per heavy atom. The second kappa shape index (κ2) is 8.40. The third-order valence-corrected chi connectivity index (χ3v) is 4.48. The van der Waals surface area contributed by atoms with Crippen molar-refractivity contribution < 1.29 is 0 Å². The van der Waals surface area contributed by atoms with Crippen LogP contribution in [0.5, 0.6) is 0 Å². The van der Waals surface area contributed by atoms with Crippen LogP contribution in [0, 0.1) is 6.92 Å². The molecular weight excluding hydrogens is 258 g/mol. The summed E-state index contributed by atoms with van der Waals surface area (Å²) in [4.78, 5) is 5.19. The fourth-order valence-electron chi connectivity index (χ4n) is 3.15. The highest BCUT2D eigenvalue weighted by Crippen LogP contribution is 2.19. The van der Waals surface area contributed by atoms with Crippen LogP contribution >= 0.6 is 0 Å². The summed E-state index contributed by atoms with van der Waals surface area (Å²) in [6.07, 6.45) is 2.46. The summed E-state index contributed by atoms with van der Waals surface area (Å²) < 4.78 is 0. The Balaban J connectivity index is 1.84. The van der Waals surface area contributed by atoms with Crippen molar-refractivity contribution in [2.45, 2.75) is 39.7 Å². The molecule has 0 radical (unpaired) electrons. The van der Waals surface area contributed by atoms with Gasteiger partial charge in [0.25, 0.3) is 0 Å². The van der Waals surface area contributed by atoms with Gasteiger partial charge >= 0.3 is 0 Å². The summed E-state index contributed by atoms with van der Waals surface area (Å²) in [5, 5.41) is 3.58. The Bertz CT molecular complexity index is 411. The first-order chi connectivity index (χ1) is 10.2. The Morgan fingerprint density at radius 1 is 1.14 bits per heavy atom. The molecule has 0 bridgehead atoms. The summed E-state index contributed by atoms with van der Waals surface area (Å²) in [6.45, 7) is 13.6. The van der Waals surface area contributed by atoms with Gasteiger partial charge in [0.1, 0.15) is 0 Å². The molecule has 0 spiro atoms. The highest BCUT2D eigenvalue weighted by atomic mass is 15.3. The molecule has 1 aliphatic heterocycles. The molecule has 3 heteroatoms. The van der Waals surface area contributed by atoms with Gasteiger partial charge in [-0.05, 0) is 44.0 Å². The van der Waals surface area contributed by atoms with E-state index in [0.717, 1.165) is 26.2 Å². The van der Waals surface area contributed by atoms with Gasteiger partial charge in [-0.15, -0.1) is 0 Å². The van der Waals surface area contributed by atoms with Gasteiger partial charge in [0.05, 0.1) is 0 Å². The van der Waals surface area contributed by atoms with Crippen LogP contribution in [0.3, 0.4) is 0 Å². The van der Waals surface area contributed by atoms with Gasteiger partial charge in [-0.2, -0.15) is 0 Å². The monoisotopic (exact) mass is 289 g/mol. The number of hydrogen-bond acceptors (Lipinski definition) is 3. The molecule has 1 atom stereocenters. The number of piperazine rings is 1. The van der Waals surface area contributed by atoms with Crippen LogP contribution in [-0.2, 0) is 0 Å². The van der Waals surface area contributed by atoms with Crippen molar-refractivity contribution in [3.05, 3.63) is 29.8 Å². The largest absolute Gasteiger partial charge is 0.369 e. The SMILES string of the molecule is CCCNCC(CC)N1CCN(c2cccc(C)c2)CC1. The third-order valence-electron chi connectivity index (χ3n) is 4.48. The molecule has 0 amide bonds. The molecule has 3 nitrogen and oxygen atoms in total. The normalized spacial score (nSPS) is 18.0. The average molecular weight is 289 g/mol. The summed E-state index contributed by atoms with van der Waals surface area (Å²) in [5.41, 5.74) is 2.73. The van der Waals surface area contributed by atoms with Gasteiger partial charge in [0.2, 0.25) is 0 Å². The number of benzene rings is 1. The molecule has 1 aliphatic rings. The van der Waals surface area contributed by atoms with Crippen LogP contribution in [0.15, 0.2) is 24.3 Å². The predicted octanol–water partition coefficient (Wildman–Crippen LogP) is 2.90. The topological polar surface area (TPSA) is 18.5 Å². The first kappa shape index (κ1) is 16.3. The number of rotatable bonds is 7. The molecule has 0 aromatic heterocycles. The molecule has 21 heavy (non-hydrogen) atoms. The minimum atomic E-state index is 0.691. The zero-order valence-corrected chi connectivity index (χ0v) is 13.9. The zero-order valence-electron chi connectivity index (χ0n) is 13.9. The third kappa shape index (κ3) is 4.72. The highest BCUT2D eigenvalue weighted by molar-refractivity contribution is 5.48. The lowest BCUT2D eigenvalue weighted by molar-refractivity contribution is 0.176.